The van der Waals surface area contributed by atoms with Gasteiger partial charge in [-0.2, -0.15) is 0 Å². The molecule has 1 aliphatic heterocycles. The van der Waals surface area contributed by atoms with Crippen LogP contribution in [-0.4, -0.2) is 46.3 Å². The second-order valence-corrected chi connectivity index (χ2v) is 7.81. The molecule has 1 aliphatic rings. The third-order valence-electron chi connectivity index (χ3n) is 5.93. The maximum absolute atomic E-state index is 15.0. The highest BCUT2D eigenvalue weighted by Gasteiger charge is 2.51. The number of fused-ring (bicyclic) bond motifs is 2. The van der Waals surface area contributed by atoms with E-state index < -0.39 is 23.5 Å². The van der Waals surface area contributed by atoms with Crippen LogP contribution < -0.4 is 14.5 Å². The number of nitrogens with one attached hydrogen (secondary N) is 1. The molecular formula is C24H19FN4O5. The van der Waals surface area contributed by atoms with Gasteiger partial charge in [0, 0.05) is 29.8 Å². The Morgan fingerprint density at radius 2 is 1.94 bits per heavy atom. The van der Waals surface area contributed by atoms with Crippen LogP contribution in [-0.2, 0) is 5.72 Å². The first-order valence-electron chi connectivity index (χ1n) is 10.2. The second kappa shape index (κ2) is 7.56. The van der Waals surface area contributed by atoms with E-state index in [9.17, 15) is 24.2 Å². The zero-order valence-corrected chi connectivity index (χ0v) is 18.1. The minimum absolute atomic E-state index is 0.0882. The number of aromatic nitrogens is 2. The van der Waals surface area contributed by atoms with Crippen molar-refractivity contribution in [2.24, 2.45) is 0 Å². The van der Waals surface area contributed by atoms with Crippen LogP contribution in [0.4, 0.5) is 20.8 Å². The molecule has 172 valence electrons. The lowest BCUT2D eigenvalue weighted by molar-refractivity contribution is 0.0699. The molecule has 34 heavy (non-hydrogen) atoms. The van der Waals surface area contributed by atoms with Crippen LogP contribution >= 0.6 is 0 Å². The number of benzene rings is 3. The first kappa shape index (κ1) is 21.4. The molecule has 1 unspecified atom stereocenters. The highest BCUT2D eigenvalue weighted by molar-refractivity contribution is 6.12. The van der Waals surface area contributed by atoms with Crippen LogP contribution in [0.25, 0.3) is 11.0 Å². The van der Waals surface area contributed by atoms with Gasteiger partial charge in [-0.1, -0.05) is 24.3 Å². The molecule has 0 spiro atoms. The molecule has 0 saturated heterocycles. The largest absolute Gasteiger partial charge is 0.497 e. The number of carbonyl (C=O) groups excluding carboxylic acids is 1. The molecule has 5 rings (SSSR count). The quantitative estimate of drug-likeness (QED) is 0.426. The summed E-state index contributed by atoms with van der Waals surface area (Å²) in [5.74, 6) is -0.896. The molecule has 2 amide bonds. The van der Waals surface area contributed by atoms with Crippen LogP contribution in [0, 0.1) is 5.82 Å². The first-order valence-corrected chi connectivity index (χ1v) is 10.2. The number of aliphatic hydroxyl groups is 1. The summed E-state index contributed by atoms with van der Waals surface area (Å²) in [6.45, 7) is 0. The molecular weight excluding hydrogens is 443 g/mol. The normalized spacial score (nSPS) is 17.2. The third kappa shape index (κ3) is 3.00. The lowest BCUT2D eigenvalue weighted by atomic mass is 9.93. The highest BCUT2D eigenvalue weighted by Crippen LogP contribution is 2.46. The highest BCUT2D eigenvalue weighted by atomic mass is 19.1. The van der Waals surface area contributed by atoms with E-state index in [1.807, 2.05) is 0 Å². The third-order valence-corrected chi connectivity index (χ3v) is 5.93. The number of hydrogen-bond donors (Lipinski definition) is 3. The van der Waals surface area contributed by atoms with Gasteiger partial charge in [0.2, 0.25) is 5.95 Å². The van der Waals surface area contributed by atoms with Gasteiger partial charge < -0.3 is 19.9 Å². The molecule has 1 atom stereocenters. The SMILES string of the molecule is COc1ccc(F)c(N2C(=O)c3ccccc3C2(O)c2ccc3nc(N(C)C(=O)O)[nH]c3c2)c1. The molecule has 1 aromatic heterocycles. The molecule has 0 saturated carbocycles. The number of halogens is 1. The number of aromatic amines is 1. The number of hydrogen-bond acceptors (Lipinski definition) is 5. The zero-order valence-electron chi connectivity index (χ0n) is 18.1. The van der Waals surface area contributed by atoms with Gasteiger partial charge in [0.15, 0.2) is 5.72 Å². The molecule has 0 bridgehead atoms. The molecule has 9 nitrogen and oxygen atoms in total. The summed E-state index contributed by atoms with van der Waals surface area (Å²) in [6.07, 6.45) is -1.20. The number of ether oxygens (including phenoxy) is 1. The van der Waals surface area contributed by atoms with E-state index in [4.69, 9.17) is 4.74 Å². The fraction of sp³-hybridized carbons (Fsp3) is 0.125. The number of methoxy groups -OCH3 is 1. The zero-order chi connectivity index (χ0) is 24.2. The Hall–Kier alpha value is -4.44. The lowest BCUT2D eigenvalue weighted by Crippen LogP contribution is -2.45. The summed E-state index contributed by atoms with van der Waals surface area (Å²) in [5.41, 5.74) is -0.567. The number of anilines is 2. The Balaban J connectivity index is 1.73. The second-order valence-electron chi connectivity index (χ2n) is 7.81. The lowest BCUT2D eigenvalue weighted by Gasteiger charge is -2.35. The molecule has 4 aromatic rings. The van der Waals surface area contributed by atoms with E-state index in [1.165, 1.54) is 26.3 Å². The standard InChI is InChI=1S/C24H19FN4O5/c1-28(23(31)32)22-26-18-10-7-13(11-19(18)27-22)24(33)16-6-4-3-5-15(16)21(30)29(24)20-12-14(34-2)8-9-17(20)25/h3-12,33H,1-2H3,(H,26,27)(H,31,32). The molecule has 3 N–H and O–H groups in total. The van der Waals surface area contributed by atoms with Gasteiger partial charge in [0.05, 0.1) is 23.8 Å². The number of H-pyrrole nitrogens is 1. The fourth-order valence-corrected chi connectivity index (χ4v) is 4.18. The molecule has 2 heterocycles. The first-order chi connectivity index (χ1) is 16.3. The number of nitrogens with zero attached hydrogens (tertiary/aromatic N) is 3. The molecule has 0 radical (unpaired) electrons. The molecule has 0 fully saturated rings. The van der Waals surface area contributed by atoms with Crippen molar-refractivity contribution in [2.75, 3.05) is 24.0 Å². The van der Waals surface area contributed by atoms with Gasteiger partial charge in [-0.3, -0.25) is 14.6 Å². The molecule has 0 aliphatic carbocycles. The van der Waals surface area contributed by atoms with Gasteiger partial charge in [0.1, 0.15) is 11.6 Å². The topological polar surface area (TPSA) is 119 Å². The minimum atomic E-state index is -2.06. The van der Waals surface area contributed by atoms with E-state index in [1.54, 1.807) is 42.5 Å². The number of imidazole rings is 1. The Morgan fingerprint density at radius 1 is 1.18 bits per heavy atom. The number of rotatable bonds is 4. The van der Waals surface area contributed by atoms with Crippen molar-refractivity contribution in [1.29, 1.82) is 0 Å². The Morgan fingerprint density at radius 3 is 2.68 bits per heavy atom. The van der Waals surface area contributed by atoms with Crippen molar-refractivity contribution >= 4 is 34.7 Å². The van der Waals surface area contributed by atoms with Crippen LogP contribution in [0.15, 0.2) is 60.7 Å². The number of carboxylic acid groups (broad SMARTS) is 1. The maximum atomic E-state index is 15.0. The molecule has 10 heteroatoms. The summed E-state index contributed by atoms with van der Waals surface area (Å²) in [6, 6.07) is 15.1. The summed E-state index contributed by atoms with van der Waals surface area (Å²) in [4.78, 5) is 33.8. The summed E-state index contributed by atoms with van der Waals surface area (Å²) in [7, 11) is 2.76. The van der Waals surface area contributed by atoms with Crippen LogP contribution in [0.5, 0.6) is 5.75 Å². The fourth-order valence-electron chi connectivity index (χ4n) is 4.18. The van der Waals surface area contributed by atoms with E-state index in [0.29, 0.717) is 16.8 Å². The smallest absolute Gasteiger partial charge is 0.413 e. The van der Waals surface area contributed by atoms with Gasteiger partial charge in [-0.25, -0.2) is 14.2 Å². The van der Waals surface area contributed by atoms with Crippen molar-refractivity contribution in [2.45, 2.75) is 5.72 Å². The van der Waals surface area contributed by atoms with Crippen molar-refractivity contribution in [3.8, 4) is 5.75 Å². The summed E-state index contributed by atoms with van der Waals surface area (Å²) < 4.78 is 20.2. The number of amides is 2. The predicted octanol–water partition coefficient (Wildman–Crippen LogP) is 3.68. The monoisotopic (exact) mass is 462 g/mol. The van der Waals surface area contributed by atoms with Gasteiger partial charge in [-0.15, -0.1) is 0 Å². The van der Waals surface area contributed by atoms with E-state index in [0.717, 1.165) is 15.9 Å². The van der Waals surface area contributed by atoms with Gasteiger partial charge in [-0.05, 0) is 30.3 Å². The van der Waals surface area contributed by atoms with Crippen LogP contribution in [0.1, 0.15) is 21.5 Å². The van der Waals surface area contributed by atoms with Crippen molar-refractivity contribution in [3.63, 3.8) is 0 Å². The predicted molar refractivity (Wildman–Crippen MR) is 122 cm³/mol. The minimum Gasteiger partial charge on any atom is -0.497 e. The van der Waals surface area contributed by atoms with Crippen LogP contribution in [0.2, 0.25) is 0 Å². The van der Waals surface area contributed by atoms with E-state index in [2.05, 4.69) is 9.97 Å². The Bertz CT molecular complexity index is 1470. The molecule has 3 aromatic carbocycles. The summed E-state index contributed by atoms with van der Waals surface area (Å²) in [5, 5.41) is 21.3. The Labute approximate surface area is 192 Å². The van der Waals surface area contributed by atoms with Gasteiger partial charge in [0.25, 0.3) is 5.91 Å². The van der Waals surface area contributed by atoms with Gasteiger partial charge >= 0.3 is 6.09 Å². The Kier molecular flexibility index (Phi) is 4.76. The average Bonchev–Trinajstić information content (AvgIpc) is 3.36. The maximum Gasteiger partial charge on any atom is 0.413 e. The summed E-state index contributed by atoms with van der Waals surface area (Å²) >= 11 is 0. The van der Waals surface area contributed by atoms with E-state index in [-0.39, 0.29) is 28.3 Å². The average molecular weight is 462 g/mol. The van der Waals surface area contributed by atoms with Crippen molar-refractivity contribution < 1.29 is 28.9 Å². The van der Waals surface area contributed by atoms with Crippen molar-refractivity contribution in [1.82, 2.24) is 9.97 Å². The number of carbonyl (C=O) groups is 2. The van der Waals surface area contributed by atoms with E-state index >= 15 is 0 Å². The van der Waals surface area contributed by atoms with Crippen LogP contribution in [0.3, 0.4) is 0 Å². The van der Waals surface area contributed by atoms with Crippen molar-refractivity contribution in [3.05, 3.63) is 83.2 Å².